The minimum atomic E-state index is -0.577. The molecule has 1 aromatic carbocycles. The highest BCUT2D eigenvalue weighted by atomic mass is 35.5. The maximum Gasteiger partial charge on any atom is 0.231 e. The average molecular weight is 458 g/mol. The summed E-state index contributed by atoms with van der Waals surface area (Å²) in [5, 5.41) is 13.4. The lowest BCUT2D eigenvalue weighted by molar-refractivity contribution is -0.119. The van der Waals surface area contributed by atoms with E-state index in [4.69, 9.17) is 16.3 Å². The third-order valence-corrected chi connectivity index (χ3v) is 5.73. The number of anilines is 2. The van der Waals surface area contributed by atoms with Gasteiger partial charge < -0.3 is 19.8 Å². The molecule has 0 saturated carbocycles. The summed E-state index contributed by atoms with van der Waals surface area (Å²) in [6, 6.07) is 0.00256. The lowest BCUT2D eigenvalue weighted by atomic mass is 10.1. The van der Waals surface area contributed by atoms with Crippen LogP contribution in [0.3, 0.4) is 0 Å². The van der Waals surface area contributed by atoms with Crippen LogP contribution in [-0.2, 0) is 9.53 Å². The summed E-state index contributed by atoms with van der Waals surface area (Å²) in [6.07, 6.45) is 7.21. The molecule has 0 aliphatic carbocycles. The molecule has 1 fully saturated rings. The predicted octanol–water partition coefficient (Wildman–Crippen LogP) is 3.86. The lowest BCUT2D eigenvalue weighted by Gasteiger charge is -2.15. The predicted molar refractivity (Wildman–Crippen MR) is 119 cm³/mol. The Bertz CT molecular complexity index is 1330. The molecule has 32 heavy (non-hydrogen) atoms. The first-order valence-electron chi connectivity index (χ1n) is 10.3. The van der Waals surface area contributed by atoms with Crippen LogP contribution in [0.1, 0.15) is 20.3 Å². The number of hydrogen-bond donors (Lipinski definition) is 3. The number of benzene rings is 1. The molecule has 166 valence electrons. The van der Waals surface area contributed by atoms with E-state index in [0.29, 0.717) is 53.3 Å². The van der Waals surface area contributed by atoms with Crippen molar-refractivity contribution < 1.29 is 13.9 Å². The molecule has 3 aromatic heterocycles. The van der Waals surface area contributed by atoms with Gasteiger partial charge in [-0.05, 0) is 20.3 Å². The zero-order chi connectivity index (χ0) is 22.4. The summed E-state index contributed by atoms with van der Waals surface area (Å²) < 4.78 is 22.2. The van der Waals surface area contributed by atoms with E-state index in [2.05, 4.69) is 30.8 Å². The Hall–Kier alpha value is -3.24. The Labute approximate surface area is 187 Å². The molecule has 9 nitrogen and oxygen atoms in total. The number of carbonyl (C=O) groups is 1. The van der Waals surface area contributed by atoms with Crippen LogP contribution in [-0.4, -0.2) is 49.7 Å². The molecule has 0 spiro atoms. The largest absolute Gasteiger partial charge is 0.381 e. The molecule has 0 radical (unpaired) electrons. The lowest BCUT2D eigenvalue weighted by Crippen LogP contribution is -2.22. The van der Waals surface area contributed by atoms with Gasteiger partial charge in [0.05, 0.1) is 53.0 Å². The minimum absolute atomic E-state index is 0.00256. The van der Waals surface area contributed by atoms with Crippen molar-refractivity contribution in [3.05, 3.63) is 35.6 Å². The van der Waals surface area contributed by atoms with E-state index < -0.39 is 5.82 Å². The van der Waals surface area contributed by atoms with E-state index in [1.807, 2.05) is 13.8 Å². The Morgan fingerprint density at radius 1 is 1.38 bits per heavy atom. The van der Waals surface area contributed by atoms with Crippen LogP contribution in [0, 0.1) is 11.7 Å². The Balaban J connectivity index is 1.54. The van der Waals surface area contributed by atoms with Crippen LogP contribution in [0.2, 0.25) is 5.02 Å². The van der Waals surface area contributed by atoms with Gasteiger partial charge in [0.25, 0.3) is 0 Å². The van der Waals surface area contributed by atoms with Crippen molar-refractivity contribution in [2.45, 2.75) is 26.3 Å². The van der Waals surface area contributed by atoms with E-state index in [1.54, 1.807) is 29.2 Å². The molecule has 1 aliphatic rings. The molecule has 1 saturated heterocycles. The second-order valence-electron chi connectivity index (χ2n) is 8.05. The summed E-state index contributed by atoms with van der Waals surface area (Å²) in [5.74, 6) is -0.477. The van der Waals surface area contributed by atoms with Crippen molar-refractivity contribution in [2.24, 2.45) is 5.92 Å². The van der Waals surface area contributed by atoms with Gasteiger partial charge in [0.15, 0.2) is 17.3 Å². The second-order valence-corrected chi connectivity index (χ2v) is 8.43. The monoisotopic (exact) mass is 457 g/mol. The fraction of sp³-hybridized carbons (Fsp3) is 0.333. The van der Waals surface area contributed by atoms with E-state index >= 15 is 4.39 Å². The summed E-state index contributed by atoms with van der Waals surface area (Å²) in [4.78, 5) is 21.2. The highest BCUT2D eigenvalue weighted by Crippen LogP contribution is 2.40. The van der Waals surface area contributed by atoms with E-state index in [-0.39, 0.29) is 28.6 Å². The summed E-state index contributed by atoms with van der Waals surface area (Å²) in [5.41, 5.74) is 2.18. The first-order valence-corrected chi connectivity index (χ1v) is 10.6. The Morgan fingerprint density at radius 2 is 2.22 bits per heavy atom. The number of hydrogen-bond acceptors (Lipinski definition) is 6. The van der Waals surface area contributed by atoms with Crippen molar-refractivity contribution in [2.75, 3.05) is 23.8 Å². The van der Waals surface area contributed by atoms with Crippen molar-refractivity contribution in [3.8, 4) is 11.3 Å². The number of aromatic nitrogens is 5. The van der Waals surface area contributed by atoms with Crippen LogP contribution in [0.25, 0.3) is 27.8 Å². The highest BCUT2D eigenvalue weighted by molar-refractivity contribution is 6.35. The number of fused-ring (bicyclic) bond motifs is 2. The van der Waals surface area contributed by atoms with E-state index in [9.17, 15) is 4.79 Å². The van der Waals surface area contributed by atoms with Gasteiger partial charge in [-0.3, -0.25) is 14.9 Å². The van der Waals surface area contributed by atoms with E-state index in [1.165, 1.54) is 0 Å². The third kappa shape index (κ3) is 3.55. The first kappa shape index (κ1) is 20.7. The normalized spacial score (nSPS) is 16.3. The Morgan fingerprint density at radius 3 is 2.97 bits per heavy atom. The standard InChI is InChI=1S/C21H21ClFN7O2/c1-10(2)26-20-18(23)17(22)16(12-5-25-29-19(12)20)13-7-30-8-14(27-15(30)6-24-13)28-21(31)11-3-4-32-9-11/h5-8,10-11,26H,3-4,9H2,1-2H3,(H,25,29)(H,28,31). The van der Waals surface area contributed by atoms with Gasteiger partial charge in [-0.2, -0.15) is 5.10 Å². The van der Waals surface area contributed by atoms with Gasteiger partial charge >= 0.3 is 0 Å². The Kier molecular flexibility index (Phi) is 5.18. The van der Waals surface area contributed by atoms with Gasteiger partial charge in [0.2, 0.25) is 5.91 Å². The molecular weight excluding hydrogens is 437 g/mol. The number of halogens is 2. The van der Waals surface area contributed by atoms with Gasteiger partial charge in [-0.15, -0.1) is 0 Å². The van der Waals surface area contributed by atoms with Crippen molar-refractivity contribution >= 4 is 45.6 Å². The number of ether oxygens (including phenoxy) is 1. The number of rotatable bonds is 5. The number of nitrogens with zero attached hydrogens (tertiary/aromatic N) is 4. The zero-order valence-electron chi connectivity index (χ0n) is 17.4. The molecule has 4 heterocycles. The van der Waals surface area contributed by atoms with Crippen LogP contribution in [0.4, 0.5) is 15.9 Å². The molecule has 1 amide bonds. The van der Waals surface area contributed by atoms with Gasteiger partial charge in [-0.25, -0.2) is 9.37 Å². The molecular formula is C21H21ClFN7O2. The van der Waals surface area contributed by atoms with Crippen molar-refractivity contribution in [3.63, 3.8) is 0 Å². The number of H-pyrrole nitrogens is 1. The number of nitrogens with one attached hydrogen (secondary N) is 3. The van der Waals surface area contributed by atoms with Gasteiger partial charge in [0, 0.05) is 29.8 Å². The molecule has 1 atom stereocenters. The summed E-state index contributed by atoms with van der Waals surface area (Å²) >= 11 is 6.46. The molecule has 5 rings (SSSR count). The van der Waals surface area contributed by atoms with Crippen molar-refractivity contribution in [1.29, 1.82) is 0 Å². The van der Waals surface area contributed by atoms with Crippen LogP contribution in [0.5, 0.6) is 0 Å². The maximum atomic E-state index is 15.2. The number of carbonyl (C=O) groups excluding carboxylic acids is 1. The van der Waals surface area contributed by atoms with Crippen LogP contribution >= 0.6 is 11.6 Å². The molecule has 1 unspecified atom stereocenters. The summed E-state index contributed by atoms with van der Waals surface area (Å²) in [6.45, 7) is 4.82. The molecule has 11 heteroatoms. The highest BCUT2D eigenvalue weighted by Gasteiger charge is 2.25. The van der Waals surface area contributed by atoms with Crippen LogP contribution < -0.4 is 10.6 Å². The number of aromatic amines is 1. The molecule has 3 N–H and O–H groups in total. The molecule has 4 aromatic rings. The van der Waals surface area contributed by atoms with Crippen LogP contribution in [0.15, 0.2) is 24.8 Å². The van der Waals surface area contributed by atoms with Gasteiger partial charge in [-0.1, -0.05) is 11.6 Å². The summed E-state index contributed by atoms with van der Waals surface area (Å²) in [7, 11) is 0. The topological polar surface area (TPSA) is 109 Å². The average Bonchev–Trinajstić information content (AvgIpc) is 3.50. The second kappa shape index (κ2) is 8.03. The van der Waals surface area contributed by atoms with Gasteiger partial charge in [0.1, 0.15) is 0 Å². The number of imidazole rings is 1. The smallest absolute Gasteiger partial charge is 0.231 e. The maximum absolute atomic E-state index is 15.2. The van der Waals surface area contributed by atoms with E-state index in [0.717, 1.165) is 0 Å². The molecule has 0 bridgehead atoms. The number of amides is 1. The first-order chi connectivity index (χ1) is 15.4. The van der Waals surface area contributed by atoms with Crippen molar-refractivity contribution in [1.82, 2.24) is 24.6 Å². The molecule has 1 aliphatic heterocycles. The SMILES string of the molecule is CC(C)Nc1c(F)c(Cl)c(-c2cn3cc(NC(=O)C4CCOC4)nc3cn2)c2cn[nH]c12. The fourth-order valence-corrected chi connectivity index (χ4v) is 4.14. The zero-order valence-corrected chi connectivity index (χ0v) is 18.2. The minimum Gasteiger partial charge on any atom is -0.381 e. The third-order valence-electron chi connectivity index (χ3n) is 5.37. The fourth-order valence-electron chi connectivity index (χ4n) is 3.85. The quantitative estimate of drug-likeness (QED) is 0.420.